The molecule has 2 aromatic rings. The average Bonchev–Trinajstić information content (AvgIpc) is 3.09. The van der Waals surface area contributed by atoms with Crippen LogP contribution in [0.4, 0.5) is 13.2 Å². The lowest BCUT2D eigenvalue weighted by atomic mass is 10.1. The first-order valence-corrected chi connectivity index (χ1v) is 8.88. The molecule has 0 spiro atoms. The van der Waals surface area contributed by atoms with Crippen LogP contribution in [-0.4, -0.2) is 43.4 Å². The molecule has 0 radical (unpaired) electrons. The summed E-state index contributed by atoms with van der Waals surface area (Å²) in [6.07, 6.45) is -4.41. The maximum absolute atomic E-state index is 12.6. The van der Waals surface area contributed by atoms with Gasteiger partial charge in [-0.15, -0.1) is 11.3 Å². The Morgan fingerprint density at radius 1 is 1.27 bits per heavy atom. The normalized spacial score (nSPS) is 17.9. The Kier molecular flexibility index (Phi) is 5.90. The number of benzene rings is 1. The number of hydrogen-bond donors (Lipinski definition) is 1. The van der Waals surface area contributed by atoms with E-state index in [0.717, 1.165) is 12.1 Å². The Hall–Kier alpha value is -1.97. The zero-order chi connectivity index (χ0) is 18.6. The maximum Gasteiger partial charge on any atom is 0.416 e. The number of carbonyl (C=O) groups excluding carboxylic acids is 1. The Morgan fingerprint density at radius 2 is 2.04 bits per heavy atom. The standard InChI is InChI=1S/C17H17F3N2O3S/c18-17(19,20)12-3-1-11(2-4-12)16-22-13(10-26-16)7-15(23)21-8-14-9-24-5-6-25-14/h1-4,10,14H,5-9H2,(H,21,23)/t14-/m0/s1. The second-order valence-electron chi connectivity index (χ2n) is 5.77. The highest BCUT2D eigenvalue weighted by Crippen LogP contribution is 2.31. The van der Waals surface area contributed by atoms with Crippen LogP contribution in [0.2, 0.25) is 0 Å². The molecule has 0 aliphatic carbocycles. The molecule has 26 heavy (non-hydrogen) atoms. The van der Waals surface area contributed by atoms with Crippen molar-refractivity contribution in [1.82, 2.24) is 10.3 Å². The van der Waals surface area contributed by atoms with Crippen LogP contribution in [-0.2, 0) is 26.9 Å². The molecule has 0 saturated carbocycles. The molecule has 1 saturated heterocycles. The number of carbonyl (C=O) groups is 1. The fourth-order valence-electron chi connectivity index (χ4n) is 2.43. The molecule has 1 atom stereocenters. The second-order valence-corrected chi connectivity index (χ2v) is 6.63. The molecule has 1 aliphatic rings. The van der Waals surface area contributed by atoms with E-state index in [1.54, 1.807) is 5.38 Å². The van der Waals surface area contributed by atoms with E-state index in [1.807, 2.05) is 0 Å². The molecule has 1 aromatic heterocycles. The van der Waals surface area contributed by atoms with Gasteiger partial charge in [-0.05, 0) is 12.1 Å². The third kappa shape index (κ3) is 5.03. The second kappa shape index (κ2) is 8.15. The molecule has 9 heteroatoms. The number of halogens is 3. The summed E-state index contributed by atoms with van der Waals surface area (Å²) in [5, 5.41) is 5.07. The number of rotatable bonds is 5. The van der Waals surface area contributed by atoms with Gasteiger partial charge in [0.1, 0.15) is 5.01 Å². The fourth-order valence-corrected chi connectivity index (χ4v) is 3.26. The Labute approximate surface area is 152 Å². The first-order valence-electron chi connectivity index (χ1n) is 8.00. The van der Waals surface area contributed by atoms with E-state index in [1.165, 1.54) is 23.5 Å². The van der Waals surface area contributed by atoms with E-state index in [0.29, 0.717) is 42.6 Å². The van der Waals surface area contributed by atoms with Crippen LogP contribution < -0.4 is 5.32 Å². The molecule has 1 aliphatic heterocycles. The van der Waals surface area contributed by atoms with Gasteiger partial charge in [0, 0.05) is 17.5 Å². The maximum atomic E-state index is 12.6. The summed E-state index contributed by atoms with van der Waals surface area (Å²) in [5.41, 5.74) is 0.456. The Morgan fingerprint density at radius 3 is 2.69 bits per heavy atom. The lowest BCUT2D eigenvalue weighted by Crippen LogP contribution is -2.40. The molecule has 1 N–H and O–H groups in total. The molecule has 0 unspecified atom stereocenters. The van der Waals surface area contributed by atoms with E-state index < -0.39 is 11.7 Å². The summed E-state index contributed by atoms with van der Waals surface area (Å²) in [4.78, 5) is 16.3. The van der Waals surface area contributed by atoms with Crippen molar-refractivity contribution in [3.63, 3.8) is 0 Å². The van der Waals surface area contributed by atoms with Crippen molar-refractivity contribution in [3.05, 3.63) is 40.9 Å². The minimum absolute atomic E-state index is 0.102. The highest BCUT2D eigenvalue weighted by atomic mass is 32.1. The van der Waals surface area contributed by atoms with E-state index in [4.69, 9.17) is 9.47 Å². The number of nitrogens with zero attached hydrogens (tertiary/aromatic N) is 1. The predicted molar refractivity (Wildman–Crippen MR) is 89.8 cm³/mol. The van der Waals surface area contributed by atoms with Gasteiger partial charge in [0.2, 0.25) is 5.91 Å². The monoisotopic (exact) mass is 386 g/mol. The van der Waals surface area contributed by atoms with Gasteiger partial charge in [0.05, 0.1) is 43.6 Å². The van der Waals surface area contributed by atoms with Gasteiger partial charge in [0.25, 0.3) is 0 Å². The van der Waals surface area contributed by atoms with Crippen LogP contribution in [0.3, 0.4) is 0 Å². The molecule has 140 valence electrons. The first-order chi connectivity index (χ1) is 12.4. The van der Waals surface area contributed by atoms with Crippen molar-refractivity contribution in [2.24, 2.45) is 0 Å². The lowest BCUT2D eigenvalue weighted by molar-refractivity contribution is -0.137. The number of hydrogen-bond acceptors (Lipinski definition) is 5. The van der Waals surface area contributed by atoms with E-state index in [-0.39, 0.29) is 18.4 Å². The molecule has 1 amide bonds. The lowest BCUT2D eigenvalue weighted by Gasteiger charge is -2.22. The van der Waals surface area contributed by atoms with Crippen molar-refractivity contribution < 1.29 is 27.4 Å². The van der Waals surface area contributed by atoms with Gasteiger partial charge >= 0.3 is 6.18 Å². The van der Waals surface area contributed by atoms with Crippen LogP contribution >= 0.6 is 11.3 Å². The highest BCUT2D eigenvalue weighted by molar-refractivity contribution is 7.13. The number of thiazole rings is 1. The smallest absolute Gasteiger partial charge is 0.376 e. The molecule has 0 bridgehead atoms. The van der Waals surface area contributed by atoms with Crippen molar-refractivity contribution in [2.75, 3.05) is 26.4 Å². The largest absolute Gasteiger partial charge is 0.416 e. The molecular weight excluding hydrogens is 369 g/mol. The number of amides is 1. The molecular formula is C17H17F3N2O3S. The third-order valence-electron chi connectivity index (χ3n) is 3.76. The van der Waals surface area contributed by atoms with Gasteiger partial charge in [-0.1, -0.05) is 12.1 Å². The predicted octanol–water partition coefficient (Wildman–Crippen LogP) is 2.90. The molecule has 3 rings (SSSR count). The minimum Gasteiger partial charge on any atom is -0.376 e. The number of alkyl halides is 3. The summed E-state index contributed by atoms with van der Waals surface area (Å²) in [6.45, 7) is 1.91. The Balaban J connectivity index is 1.54. The quantitative estimate of drug-likeness (QED) is 0.859. The summed E-state index contributed by atoms with van der Waals surface area (Å²) in [6, 6.07) is 4.81. The molecule has 2 heterocycles. The van der Waals surface area contributed by atoms with Gasteiger partial charge in [-0.25, -0.2) is 4.98 Å². The third-order valence-corrected chi connectivity index (χ3v) is 4.70. The summed E-state index contributed by atoms with van der Waals surface area (Å²) in [5.74, 6) is -0.191. The van der Waals surface area contributed by atoms with E-state index in [2.05, 4.69) is 10.3 Å². The average molecular weight is 386 g/mol. The van der Waals surface area contributed by atoms with E-state index in [9.17, 15) is 18.0 Å². The van der Waals surface area contributed by atoms with Gasteiger partial charge in [-0.2, -0.15) is 13.2 Å². The SMILES string of the molecule is O=C(Cc1csc(-c2ccc(C(F)(F)F)cc2)n1)NC[C@H]1COCCO1. The summed E-state index contributed by atoms with van der Waals surface area (Å²) < 4.78 is 48.5. The fraction of sp³-hybridized carbons (Fsp3) is 0.412. The summed E-state index contributed by atoms with van der Waals surface area (Å²) >= 11 is 1.29. The van der Waals surface area contributed by atoms with Crippen molar-refractivity contribution >= 4 is 17.2 Å². The summed E-state index contributed by atoms with van der Waals surface area (Å²) in [7, 11) is 0. The first kappa shape index (κ1) is 18.8. The Bertz CT molecular complexity index is 740. The van der Waals surface area contributed by atoms with Crippen LogP contribution in [0.1, 0.15) is 11.3 Å². The van der Waals surface area contributed by atoms with Gasteiger partial charge in [0.15, 0.2) is 0 Å². The van der Waals surface area contributed by atoms with Crippen LogP contribution in [0.15, 0.2) is 29.6 Å². The topological polar surface area (TPSA) is 60.5 Å². The van der Waals surface area contributed by atoms with Crippen molar-refractivity contribution in [1.29, 1.82) is 0 Å². The number of aromatic nitrogens is 1. The van der Waals surface area contributed by atoms with Crippen LogP contribution in [0.25, 0.3) is 10.6 Å². The highest BCUT2D eigenvalue weighted by Gasteiger charge is 2.30. The van der Waals surface area contributed by atoms with Crippen LogP contribution in [0, 0.1) is 0 Å². The van der Waals surface area contributed by atoms with Gasteiger partial charge < -0.3 is 14.8 Å². The van der Waals surface area contributed by atoms with E-state index >= 15 is 0 Å². The minimum atomic E-state index is -4.36. The number of nitrogens with one attached hydrogen (secondary N) is 1. The molecule has 5 nitrogen and oxygen atoms in total. The molecule has 1 fully saturated rings. The van der Waals surface area contributed by atoms with Crippen molar-refractivity contribution in [3.8, 4) is 10.6 Å². The van der Waals surface area contributed by atoms with Gasteiger partial charge in [-0.3, -0.25) is 4.79 Å². The van der Waals surface area contributed by atoms with Crippen molar-refractivity contribution in [2.45, 2.75) is 18.7 Å². The molecule has 1 aromatic carbocycles. The van der Waals surface area contributed by atoms with Crippen LogP contribution in [0.5, 0.6) is 0 Å². The zero-order valence-electron chi connectivity index (χ0n) is 13.7. The number of ether oxygens (including phenoxy) is 2. The zero-order valence-corrected chi connectivity index (χ0v) is 14.5.